The number of thiophene rings is 1. The molecule has 1 fully saturated rings. The van der Waals surface area contributed by atoms with Crippen molar-refractivity contribution >= 4 is 27.5 Å². The summed E-state index contributed by atoms with van der Waals surface area (Å²) in [4.78, 5) is 36.2. The third kappa shape index (κ3) is 4.38. The summed E-state index contributed by atoms with van der Waals surface area (Å²) in [6.45, 7) is 5.66. The number of carbonyl (C=O) groups is 1. The van der Waals surface area contributed by atoms with Crippen LogP contribution in [0.3, 0.4) is 0 Å². The summed E-state index contributed by atoms with van der Waals surface area (Å²) in [6, 6.07) is 16.7. The fourth-order valence-electron chi connectivity index (χ4n) is 4.38. The Labute approximate surface area is 200 Å². The predicted molar refractivity (Wildman–Crippen MR) is 132 cm³/mol. The molecule has 174 valence electrons. The molecule has 2 aromatic carbocycles. The number of rotatable bonds is 5. The van der Waals surface area contributed by atoms with Gasteiger partial charge in [-0.25, -0.2) is 9.37 Å². The molecule has 0 saturated carbocycles. The van der Waals surface area contributed by atoms with Gasteiger partial charge in [-0.05, 0) is 24.1 Å². The van der Waals surface area contributed by atoms with Crippen LogP contribution in [0.4, 0.5) is 4.39 Å². The molecular weight excluding hydrogens is 451 g/mol. The molecule has 0 spiro atoms. The summed E-state index contributed by atoms with van der Waals surface area (Å²) >= 11 is 1.26. The quantitative estimate of drug-likeness (QED) is 0.438. The van der Waals surface area contributed by atoms with Crippen LogP contribution in [0, 0.1) is 12.7 Å². The van der Waals surface area contributed by atoms with E-state index >= 15 is 0 Å². The van der Waals surface area contributed by atoms with Crippen LogP contribution in [-0.4, -0.2) is 51.4 Å². The van der Waals surface area contributed by atoms with Crippen molar-refractivity contribution in [1.29, 1.82) is 0 Å². The highest BCUT2D eigenvalue weighted by Crippen LogP contribution is 2.28. The molecule has 0 bridgehead atoms. The maximum absolute atomic E-state index is 14.1. The smallest absolute Gasteiger partial charge is 0.264 e. The Morgan fingerprint density at radius 3 is 2.44 bits per heavy atom. The maximum atomic E-state index is 14.1. The van der Waals surface area contributed by atoms with Crippen LogP contribution in [0.15, 0.2) is 65.7 Å². The van der Waals surface area contributed by atoms with E-state index in [2.05, 4.69) is 22.0 Å². The first kappa shape index (κ1) is 22.4. The van der Waals surface area contributed by atoms with Crippen molar-refractivity contribution in [2.24, 2.45) is 0 Å². The number of benzene rings is 2. The second-order valence-corrected chi connectivity index (χ2v) is 9.56. The topological polar surface area (TPSA) is 58.4 Å². The molecule has 5 rings (SSSR count). The van der Waals surface area contributed by atoms with E-state index in [1.165, 1.54) is 33.9 Å². The van der Waals surface area contributed by atoms with Crippen molar-refractivity contribution in [3.63, 3.8) is 0 Å². The summed E-state index contributed by atoms with van der Waals surface area (Å²) in [5.41, 5.74) is 2.08. The van der Waals surface area contributed by atoms with E-state index in [1.807, 2.05) is 23.1 Å². The van der Waals surface area contributed by atoms with Gasteiger partial charge in [0.15, 0.2) is 0 Å². The van der Waals surface area contributed by atoms with Gasteiger partial charge < -0.3 is 4.90 Å². The molecule has 1 amide bonds. The molecule has 0 N–H and O–H groups in total. The van der Waals surface area contributed by atoms with Gasteiger partial charge in [-0.2, -0.15) is 0 Å². The van der Waals surface area contributed by atoms with E-state index < -0.39 is 0 Å². The van der Waals surface area contributed by atoms with Gasteiger partial charge in [0.1, 0.15) is 10.6 Å². The monoisotopic (exact) mass is 476 g/mol. The van der Waals surface area contributed by atoms with E-state index in [4.69, 9.17) is 0 Å². The Bertz CT molecular complexity index is 1390. The summed E-state index contributed by atoms with van der Waals surface area (Å²) in [5, 5.41) is 0.440. The molecule has 1 aliphatic heterocycles. The van der Waals surface area contributed by atoms with Crippen LogP contribution in [0.5, 0.6) is 0 Å². The summed E-state index contributed by atoms with van der Waals surface area (Å²) in [7, 11) is 0. The molecule has 0 unspecified atom stereocenters. The minimum atomic E-state index is -0.362. The van der Waals surface area contributed by atoms with Gasteiger partial charge in [0, 0.05) is 38.3 Å². The predicted octanol–water partition coefficient (Wildman–Crippen LogP) is 3.91. The van der Waals surface area contributed by atoms with Gasteiger partial charge in [0.25, 0.3) is 11.5 Å². The van der Waals surface area contributed by atoms with Crippen LogP contribution >= 0.6 is 11.3 Å². The van der Waals surface area contributed by atoms with E-state index in [0.717, 1.165) is 19.6 Å². The number of hydrogen-bond donors (Lipinski definition) is 0. The number of nitrogens with zero attached hydrogens (tertiary/aromatic N) is 4. The molecule has 6 nitrogen and oxygen atoms in total. The molecular formula is C26H25FN4O2S. The fraction of sp³-hybridized carbons (Fsp3) is 0.269. The average molecular weight is 477 g/mol. The van der Waals surface area contributed by atoms with Crippen LogP contribution < -0.4 is 5.56 Å². The van der Waals surface area contributed by atoms with Crippen LogP contribution in [0.2, 0.25) is 0 Å². The zero-order chi connectivity index (χ0) is 23.7. The molecule has 3 heterocycles. The van der Waals surface area contributed by atoms with Gasteiger partial charge in [0.05, 0.1) is 23.1 Å². The first-order chi connectivity index (χ1) is 16.5. The number of fused-ring (bicyclic) bond motifs is 1. The Balaban J connectivity index is 1.33. The lowest BCUT2D eigenvalue weighted by Crippen LogP contribution is -2.48. The van der Waals surface area contributed by atoms with Crippen molar-refractivity contribution in [1.82, 2.24) is 19.4 Å². The number of piperazine rings is 1. The van der Waals surface area contributed by atoms with Crippen LogP contribution in [-0.2, 0) is 13.1 Å². The highest BCUT2D eigenvalue weighted by Gasteiger charge is 2.26. The van der Waals surface area contributed by atoms with Gasteiger partial charge in [-0.3, -0.25) is 19.1 Å². The number of carbonyl (C=O) groups excluding carboxylic acids is 1. The SMILES string of the molecule is Cc1c(C(=O)N2CCN(Cc3ccccc3)CC2)sc2ncn(Cc3ccccc3F)c(=O)c12. The van der Waals surface area contributed by atoms with Crippen LogP contribution in [0.25, 0.3) is 10.2 Å². The zero-order valence-electron chi connectivity index (χ0n) is 18.9. The largest absolute Gasteiger partial charge is 0.335 e. The molecule has 4 aromatic rings. The number of aryl methyl sites for hydroxylation is 1. The molecule has 2 aromatic heterocycles. The van der Waals surface area contributed by atoms with Gasteiger partial charge >= 0.3 is 0 Å². The van der Waals surface area contributed by atoms with E-state index in [1.54, 1.807) is 25.1 Å². The number of aromatic nitrogens is 2. The minimum absolute atomic E-state index is 0.0556. The van der Waals surface area contributed by atoms with Gasteiger partial charge in [-0.1, -0.05) is 48.5 Å². The van der Waals surface area contributed by atoms with Crippen LogP contribution in [0.1, 0.15) is 26.4 Å². The number of amides is 1. The van der Waals surface area contributed by atoms with Crippen molar-refractivity contribution in [2.45, 2.75) is 20.0 Å². The van der Waals surface area contributed by atoms with E-state index in [9.17, 15) is 14.0 Å². The first-order valence-electron chi connectivity index (χ1n) is 11.3. The maximum Gasteiger partial charge on any atom is 0.264 e. The van der Waals surface area contributed by atoms with Crippen molar-refractivity contribution in [3.05, 3.63) is 98.7 Å². The highest BCUT2D eigenvalue weighted by atomic mass is 32.1. The zero-order valence-corrected chi connectivity index (χ0v) is 19.7. The lowest BCUT2D eigenvalue weighted by atomic mass is 10.1. The Morgan fingerprint density at radius 2 is 1.71 bits per heavy atom. The van der Waals surface area contributed by atoms with Crippen molar-refractivity contribution < 1.29 is 9.18 Å². The minimum Gasteiger partial charge on any atom is -0.335 e. The van der Waals surface area contributed by atoms with E-state index in [0.29, 0.717) is 39.3 Å². The third-order valence-corrected chi connectivity index (χ3v) is 7.51. The normalized spacial score (nSPS) is 14.6. The van der Waals surface area contributed by atoms with E-state index in [-0.39, 0.29) is 23.8 Å². The molecule has 1 aliphatic rings. The Kier molecular flexibility index (Phi) is 6.26. The molecule has 1 saturated heterocycles. The Morgan fingerprint density at radius 1 is 1.00 bits per heavy atom. The average Bonchev–Trinajstić information content (AvgIpc) is 3.20. The Hall–Kier alpha value is -3.36. The summed E-state index contributed by atoms with van der Waals surface area (Å²) in [6.07, 6.45) is 1.43. The summed E-state index contributed by atoms with van der Waals surface area (Å²) in [5.74, 6) is -0.418. The number of halogens is 1. The second-order valence-electron chi connectivity index (χ2n) is 8.56. The molecule has 0 atom stereocenters. The standard InChI is InChI=1S/C26H25FN4O2S/c1-18-22-24(28-17-31(25(22)32)16-20-9-5-6-10-21(20)27)34-23(18)26(33)30-13-11-29(12-14-30)15-19-7-3-2-4-8-19/h2-10,17H,11-16H2,1H3. The van der Waals surface area contributed by atoms with Crippen molar-refractivity contribution in [2.75, 3.05) is 26.2 Å². The lowest BCUT2D eigenvalue weighted by molar-refractivity contribution is 0.0632. The molecule has 34 heavy (non-hydrogen) atoms. The fourth-order valence-corrected chi connectivity index (χ4v) is 5.49. The van der Waals surface area contributed by atoms with Gasteiger partial charge in [0.2, 0.25) is 0 Å². The highest BCUT2D eigenvalue weighted by molar-refractivity contribution is 7.20. The van der Waals surface area contributed by atoms with Gasteiger partial charge in [-0.15, -0.1) is 11.3 Å². The molecule has 0 radical (unpaired) electrons. The van der Waals surface area contributed by atoms with Crippen molar-refractivity contribution in [3.8, 4) is 0 Å². The number of hydrogen-bond acceptors (Lipinski definition) is 5. The molecule has 0 aliphatic carbocycles. The molecule has 8 heteroatoms. The third-order valence-electron chi connectivity index (χ3n) is 6.32. The lowest BCUT2D eigenvalue weighted by Gasteiger charge is -2.34. The summed E-state index contributed by atoms with van der Waals surface area (Å²) < 4.78 is 15.5. The first-order valence-corrected chi connectivity index (χ1v) is 12.1. The second kappa shape index (κ2) is 9.48.